The van der Waals surface area contributed by atoms with Crippen molar-refractivity contribution >= 4 is 5.82 Å². The van der Waals surface area contributed by atoms with Crippen LogP contribution in [0.3, 0.4) is 0 Å². The summed E-state index contributed by atoms with van der Waals surface area (Å²) >= 11 is 0. The van der Waals surface area contributed by atoms with Gasteiger partial charge in [0, 0.05) is 31.8 Å². The lowest BCUT2D eigenvalue weighted by Crippen LogP contribution is -2.31. The number of anilines is 1. The van der Waals surface area contributed by atoms with Gasteiger partial charge in [-0.2, -0.15) is 0 Å². The average Bonchev–Trinajstić information content (AvgIpc) is 3.33. The molecule has 4 heteroatoms. The van der Waals surface area contributed by atoms with Gasteiger partial charge in [0.15, 0.2) is 5.82 Å². The number of hydrogen-bond donors (Lipinski definition) is 1. The number of nitrogens with one attached hydrogen (secondary N) is 1. The molecule has 4 nitrogen and oxygen atoms in total. The molecule has 0 amide bonds. The monoisotopic (exact) mass is 275 g/mol. The van der Waals surface area contributed by atoms with Crippen LogP contribution in [0.2, 0.25) is 0 Å². The number of methoxy groups -OCH3 is 1. The summed E-state index contributed by atoms with van der Waals surface area (Å²) in [5.74, 6) is 2.47. The fraction of sp³-hybridized carbons (Fsp3) is 0.750. The van der Waals surface area contributed by atoms with Crippen molar-refractivity contribution in [1.82, 2.24) is 9.97 Å². The van der Waals surface area contributed by atoms with E-state index in [0.29, 0.717) is 5.92 Å². The second kappa shape index (κ2) is 5.68. The molecule has 0 saturated heterocycles. The lowest BCUT2D eigenvalue weighted by atomic mass is 9.93. The predicted molar refractivity (Wildman–Crippen MR) is 79.9 cm³/mol. The maximum absolute atomic E-state index is 5.95. The number of ether oxygens (including phenoxy) is 1. The zero-order valence-electron chi connectivity index (χ0n) is 12.6. The van der Waals surface area contributed by atoms with E-state index in [1.807, 2.05) is 14.2 Å². The van der Waals surface area contributed by atoms with E-state index in [1.54, 1.807) is 0 Å². The normalized spacial score (nSPS) is 22.3. The Morgan fingerprint density at radius 1 is 1.15 bits per heavy atom. The van der Waals surface area contributed by atoms with Crippen LogP contribution in [0.4, 0.5) is 5.82 Å². The van der Waals surface area contributed by atoms with Gasteiger partial charge in [-0.25, -0.2) is 9.97 Å². The van der Waals surface area contributed by atoms with Crippen molar-refractivity contribution in [3.05, 3.63) is 17.6 Å². The van der Waals surface area contributed by atoms with E-state index in [2.05, 4.69) is 11.4 Å². The summed E-state index contributed by atoms with van der Waals surface area (Å²) in [6, 6.07) is 2.10. The Balaban J connectivity index is 1.98. The van der Waals surface area contributed by atoms with Crippen LogP contribution >= 0.6 is 0 Å². The van der Waals surface area contributed by atoms with Gasteiger partial charge in [0.25, 0.3) is 0 Å². The molecule has 1 aromatic rings. The highest BCUT2D eigenvalue weighted by molar-refractivity contribution is 5.38. The first-order chi connectivity index (χ1) is 9.77. The zero-order valence-corrected chi connectivity index (χ0v) is 12.6. The quantitative estimate of drug-likeness (QED) is 0.853. The molecule has 0 unspecified atom stereocenters. The Labute approximate surface area is 121 Å². The van der Waals surface area contributed by atoms with E-state index in [4.69, 9.17) is 14.7 Å². The lowest BCUT2D eigenvalue weighted by Gasteiger charge is -2.30. The third-order valence-corrected chi connectivity index (χ3v) is 4.71. The van der Waals surface area contributed by atoms with Crippen molar-refractivity contribution in [3.63, 3.8) is 0 Å². The first-order valence-corrected chi connectivity index (χ1v) is 7.90. The molecule has 0 bridgehead atoms. The molecular weight excluding hydrogens is 250 g/mol. The van der Waals surface area contributed by atoms with Gasteiger partial charge in [-0.15, -0.1) is 0 Å². The first kappa shape index (κ1) is 13.8. The third-order valence-electron chi connectivity index (χ3n) is 4.71. The highest BCUT2D eigenvalue weighted by atomic mass is 16.5. The minimum absolute atomic E-state index is 0.271. The molecule has 2 aliphatic carbocycles. The maximum Gasteiger partial charge on any atom is 0.162 e. The van der Waals surface area contributed by atoms with Crippen LogP contribution in [-0.4, -0.2) is 24.1 Å². The van der Waals surface area contributed by atoms with E-state index < -0.39 is 0 Å². The van der Waals surface area contributed by atoms with Gasteiger partial charge in [-0.3, -0.25) is 0 Å². The predicted octanol–water partition coefficient (Wildman–Crippen LogP) is 3.59. The van der Waals surface area contributed by atoms with Crippen molar-refractivity contribution in [2.75, 3.05) is 19.5 Å². The molecule has 1 N–H and O–H groups in total. The van der Waals surface area contributed by atoms with Crippen LogP contribution < -0.4 is 5.32 Å². The number of nitrogens with zero attached hydrogens (tertiary/aromatic N) is 2. The molecule has 0 radical (unpaired) electrons. The summed E-state index contributed by atoms with van der Waals surface area (Å²) in [5, 5.41) is 3.18. The Morgan fingerprint density at radius 2 is 1.85 bits per heavy atom. The lowest BCUT2D eigenvalue weighted by molar-refractivity contribution is -0.0352. The minimum atomic E-state index is -0.271. The minimum Gasteiger partial charge on any atom is -0.373 e. The molecular formula is C16H25N3O. The molecule has 110 valence electrons. The zero-order chi connectivity index (χ0) is 14.0. The summed E-state index contributed by atoms with van der Waals surface area (Å²) in [6.07, 6.45) is 9.62. The summed E-state index contributed by atoms with van der Waals surface area (Å²) in [4.78, 5) is 9.60. The number of hydrogen-bond acceptors (Lipinski definition) is 4. The molecule has 20 heavy (non-hydrogen) atoms. The van der Waals surface area contributed by atoms with E-state index in [-0.39, 0.29) is 5.60 Å². The third kappa shape index (κ3) is 2.66. The molecule has 3 rings (SSSR count). The summed E-state index contributed by atoms with van der Waals surface area (Å²) in [6.45, 7) is 0. The van der Waals surface area contributed by atoms with E-state index in [9.17, 15) is 0 Å². The Hall–Kier alpha value is -1.16. The fourth-order valence-corrected chi connectivity index (χ4v) is 3.20. The summed E-state index contributed by atoms with van der Waals surface area (Å²) < 4.78 is 5.95. The fourth-order valence-electron chi connectivity index (χ4n) is 3.20. The van der Waals surface area contributed by atoms with Gasteiger partial charge < -0.3 is 10.1 Å². The van der Waals surface area contributed by atoms with Crippen LogP contribution in [-0.2, 0) is 10.3 Å². The average molecular weight is 275 g/mol. The molecule has 2 fully saturated rings. The van der Waals surface area contributed by atoms with Crippen molar-refractivity contribution in [2.24, 2.45) is 0 Å². The Kier molecular flexibility index (Phi) is 3.92. The van der Waals surface area contributed by atoms with Crippen LogP contribution in [0.15, 0.2) is 6.07 Å². The molecule has 0 aromatic carbocycles. The second-order valence-corrected chi connectivity index (χ2v) is 6.14. The molecule has 2 saturated carbocycles. The Morgan fingerprint density at radius 3 is 2.40 bits per heavy atom. The highest BCUT2D eigenvalue weighted by Gasteiger charge is 2.37. The van der Waals surface area contributed by atoms with Gasteiger partial charge in [0.05, 0.1) is 0 Å². The van der Waals surface area contributed by atoms with Crippen molar-refractivity contribution in [3.8, 4) is 0 Å². The SMILES string of the molecule is CNc1cc(C2CC2)nc(C2(OC)CCCCCC2)n1. The summed E-state index contributed by atoms with van der Waals surface area (Å²) in [7, 11) is 3.74. The maximum atomic E-state index is 5.95. The molecule has 0 aliphatic heterocycles. The standard InChI is InChI=1S/C16H25N3O/c1-17-14-11-13(12-7-8-12)18-15(19-14)16(20-2)9-5-3-4-6-10-16/h11-12H,3-10H2,1-2H3,(H,17,18,19). The number of aromatic nitrogens is 2. The van der Waals surface area contributed by atoms with Crippen LogP contribution in [0, 0.1) is 0 Å². The van der Waals surface area contributed by atoms with Gasteiger partial charge in [-0.05, 0) is 25.7 Å². The highest BCUT2D eigenvalue weighted by Crippen LogP contribution is 2.42. The van der Waals surface area contributed by atoms with E-state index in [0.717, 1.165) is 24.5 Å². The van der Waals surface area contributed by atoms with Crippen LogP contribution in [0.1, 0.15) is 68.8 Å². The van der Waals surface area contributed by atoms with Crippen molar-refractivity contribution in [1.29, 1.82) is 0 Å². The molecule has 0 spiro atoms. The van der Waals surface area contributed by atoms with Gasteiger partial charge in [0.1, 0.15) is 11.4 Å². The second-order valence-electron chi connectivity index (χ2n) is 6.14. The van der Waals surface area contributed by atoms with Crippen molar-refractivity contribution < 1.29 is 4.74 Å². The van der Waals surface area contributed by atoms with Gasteiger partial charge in [-0.1, -0.05) is 25.7 Å². The molecule has 0 atom stereocenters. The molecule has 1 aromatic heterocycles. The van der Waals surface area contributed by atoms with Gasteiger partial charge >= 0.3 is 0 Å². The molecule has 2 aliphatic rings. The van der Waals surface area contributed by atoms with Gasteiger partial charge in [0.2, 0.25) is 0 Å². The first-order valence-electron chi connectivity index (χ1n) is 7.90. The van der Waals surface area contributed by atoms with E-state index >= 15 is 0 Å². The largest absolute Gasteiger partial charge is 0.373 e. The van der Waals surface area contributed by atoms with Crippen LogP contribution in [0.25, 0.3) is 0 Å². The van der Waals surface area contributed by atoms with Crippen LogP contribution in [0.5, 0.6) is 0 Å². The Bertz CT molecular complexity index is 463. The topological polar surface area (TPSA) is 47.0 Å². The molecule has 1 heterocycles. The number of rotatable bonds is 4. The smallest absolute Gasteiger partial charge is 0.162 e. The van der Waals surface area contributed by atoms with Crippen molar-refractivity contribution in [2.45, 2.75) is 62.9 Å². The van der Waals surface area contributed by atoms with E-state index in [1.165, 1.54) is 44.2 Å². The summed E-state index contributed by atoms with van der Waals surface area (Å²) in [5.41, 5.74) is 0.924.